The highest BCUT2D eigenvalue weighted by Gasteiger charge is 2.59. The molecule has 1 aromatic rings. The van der Waals surface area contributed by atoms with Crippen LogP contribution in [0.1, 0.15) is 116 Å². The Morgan fingerprint density at radius 2 is 1.82 bits per heavy atom. The Balaban J connectivity index is 1.25. The molecular formula is C34H48Cl2O2. The summed E-state index contributed by atoms with van der Waals surface area (Å²) in [7, 11) is 0. The maximum absolute atomic E-state index is 12.9. The third-order valence-electron chi connectivity index (χ3n) is 11.7. The van der Waals surface area contributed by atoms with Gasteiger partial charge >= 0.3 is 5.97 Å². The molecule has 0 heterocycles. The molecule has 0 amide bonds. The molecule has 0 spiro atoms. The molecule has 0 bridgehead atoms. The van der Waals surface area contributed by atoms with Crippen LogP contribution >= 0.6 is 23.2 Å². The Bertz CT molecular complexity index is 1060. The minimum Gasteiger partial charge on any atom is -0.458 e. The summed E-state index contributed by atoms with van der Waals surface area (Å²) < 4.78 is 5.99. The molecular weight excluding hydrogens is 511 g/mol. The van der Waals surface area contributed by atoms with E-state index in [0.29, 0.717) is 21.0 Å². The number of carbonyl (C=O) groups excluding carboxylic acids is 1. The van der Waals surface area contributed by atoms with Crippen LogP contribution in [0.15, 0.2) is 29.8 Å². The number of carbonyl (C=O) groups is 1. The molecule has 0 aromatic heterocycles. The predicted molar refractivity (Wildman–Crippen MR) is 159 cm³/mol. The van der Waals surface area contributed by atoms with Gasteiger partial charge in [0.1, 0.15) is 6.10 Å². The number of halogens is 2. The standard InChI is InChI=1S/C34H48Cl2O2/c1-21(2)7-6-8-22(3)28-13-14-29-26-11-9-23-19-25(38-32(37)27-12-10-24(35)20-31(27)36)15-17-33(23,4)30(26)16-18-34(28,29)5/h9-10,12,20-22,25-26,28-30H,6-8,11,13-19H2,1-5H3/t22-,25+,26+,28-,29-,30+,33+,34-/m1/s1. The Morgan fingerprint density at radius 3 is 2.55 bits per heavy atom. The zero-order chi connectivity index (χ0) is 27.2. The highest BCUT2D eigenvalue weighted by atomic mass is 35.5. The lowest BCUT2D eigenvalue weighted by atomic mass is 9.47. The summed E-state index contributed by atoms with van der Waals surface area (Å²) in [5.41, 5.74) is 2.73. The van der Waals surface area contributed by atoms with Crippen LogP contribution in [0.5, 0.6) is 0 Å². The average molecular weight is 560 g/mol. The molecule has 0 aliphatic heterocycles. The van der Waals surface area contributed by atoms with Gasteiger partial charge in [-0.25, -0.2) is 4.79 Å². The molecule has 0 N–H and O–H groups in total. The maximum atomic E-state index is 12.9. The third-order valence-corrected chi connectivity index (χ3v) is 12.2. The molecule has 0 saturated heterocycles. The van der Waals surface area contributed by atoms with Gasteiger partial charge in [-0.2, -0.15) is 0 Å². The zero-order valence-electron chi connectivity index (χ0n) is 24.2. The third kappa shape index (κ3) is 5.23. The van der Waals surface area contributed by atoms with Gasteiger partial charge in [0.25, 0.3) is 0 Å². The van der Waals surface area contributed by atoms with Crippen LogP contribution < -0.4 is 0 Å². The van der Waals surface area contributed by atoms with E-state index in [9.17, 15) is 4.79 Å². The molecule has 0 radical (unpaired) electrons. The van der Waals surface area contributed by atoms with Gasteiger partial charge in [0, 0.05) is 11.4 Å². The van der Waals surface area contributed by atoms with E-state index < -0.39 is 0 Å². The van der Waals surface area contributed by atoms with Crippen LogP contribution in [0.3, 0.4) is 0 Å². The normalized spacial score (nSPS) is 37.2. The second-order valence-electron chi connectivity index (χ2n) is 14.2. The quantitative estimate of drug-likeness (QED) is 0.245. The fraction of sp³-hybridized carbons (Fsp3) is 0.735. The molecule has 38 heavy (non-hydrogen) atoms. The molecule has 3 saturated carbocycles. The molecule has 5 rings (SSSR count). The van der Waals surface area contributed by atoms with Crippen molar-refractivity contribution in [2.45, 2.75) is 111 Å². The average Bonchev–Trinajstić information content (AvgIpc) is 3.21. The number of esters is 1. The van der Waals surface area contributed by atoms with Crippen molar-refractivity contribution in [3.8, 4) is 0 Å². The van der Waals surface area contributed by atoms with Gasteiger partial charge in [-0.15, -0.1) is 0 Å². The number of benzene rings is 1. The number of hydrogen-bond acceptors (Lipinski definition) is 2. The highest BCUT2D eigenvalue weighted by molar-refractivity contribution is 6.36. The van der Waals surface area contributed by atoms with Crippen molar-refractivity contribution >= 4 is 29.2 Å². The topological polar surface area (TPSA) is 26.3 Å². The van der Waals surface area contributed by atoms with Gasteiger partial charge in [0.05, 0.1) is 10.6 Å². The van der Waals surface area contributed by atoms with E-state index >= 15 is 0 Å². The van der Waals surface area contributed by atoms with Gasteiger partial charge in [-0.1, -0.05) is 88.7 Å². The Labute approximate surface area is 241 Å². The van der Waals surface area contributed by atoms with Crippen molar-refractivity contribution in [1.82, 2.24) is 0 Å². The van der Waals surface area contributed by atoms with Gasteiger partial charge in [-0.3, -0.25) is 0 Å². The second-order valence-corrected chi connectivity index (χ2v) is 15.0. The minimum atomic E-state index is -0.331. The van der Waals surface area contributed by atoms with E-state index in [1.807, 2.05) is 0 Å². The summed E-state index contributed by atoms with van der Waals surface area (Å²) in [6, 6.07) is 4.98. The van der Waals surface area contributed by atoms with Gasteiger partial charge in [0.2, 0.25) is 0 Å². The molecule has 4 aliphatic rings. The van der Waals surface area contributed by atoms with E-state index in [1.165, 1.54) is 51.4 Å². The van der Waals surface area contributed by atoms with Crippen LogP contribution in [0.25, 0.3) is 0 Å². The van der Waals surface area contributed by atoms with Crippen molar-refractivity contribution in [2.24, 2.45) is 46.3 Å². The fourth-order valence-electron chi connectivity index (χ4n) is 9.62. The Morgan fingerprint density at radius 1 is 1.03 bits per heavy atom. The van der Waals surface area contributed by atoms with Crippen LogP contribution in [-0.2, 0) is 4.74 Å². The first-order valence-corrected chi connectivity index (χ1v) is 16.1. The number of rotatable bonds is 7. The summed E-state index contributed by atoms with van der Waals surface area (Å²) in [5, 5.41) is 0.886. The molecule has 2 nitrogen and oxygen atoms in total. The van der Waals surface area contributed by atoms with Crippen molar-refractivity contribution in [3.63, 3.8) is 0 Å². The first kappa shape index (κ1) is 28.5. The van der Waals surface area contributed by atoms with Gasteiger partial charge in [-0.05, 0) is 109 Å². The smallest absolute Gasteiger partial charge is 0.339 e. The van der Waals surface area contributed by atoms with E-state index in [2.05, 4.69) is 40.7 Å². The minimum absolute atomic E-state index is 0.0680. The van der Waals surface area contributed by atoms with Crippen LogP contribution in [0.2, 0.25) is 10.0 Å². The van der Waals surface area contributed by atoms with Crippen molar-refractivity contribution in [3.05, 3.63) is 45.5 Å². The molecule has 210 valence electrons. The molecule has 4 aliphatic carbocycles. The van der Waals surface area contributed by atoms with Crippen molar-refractivity contribution < 1.29 is 9.53 Å². The second kappa shape index (κ2) is 11.1. The summed E-state index contributed by atoms with van der Waals surface area (Å²) in [6.45, 7) is 12.5. The number of fused-ring (bicyclic) bond motifs is 5. The van der Waals surface area contributed by atoms with Crippen molar-refractivity contribution in [2.75, 3.05) is 0 Å². The predicted octanol–water partition coefficient (Wildman–Crippen LogP) is 10.6. The fourth-order valence-corrected chi connectivity index (χ4v) is 10.1. The number of ether oxygens (including phenoxy) is 1. The van der Waals surface area contributed by atoms with Crippen LogP contribution in [-0.4, -0.2) is 12.1 Å². The van der Waals surface area contributed by atoms with Gasteiger partial charge in [0.15, 0.2) is 0 Å². The Kier molecular flexibility index (Phi) is 8.35. The number of allylic oxidation sites excluding steroid dienone is 1. The zero-order valence-corrected chi connectivity index (χ0v) is 25.7. The van der Waals surface area contributed by atoms with Crippen LogP contribution in [0, 0.1) is 46.3 Å². The Hall–Kier alpha value is -0.990. The maximum Gasteiger partial charge on any atom is 0.339 e. The summed E-state index contributed by atoms with van der Waals surface area (Å²) in [6.07, 6.45) is 16.4. The molecule has 3 fully saturated rings. The summed E-state index contributed by atoms with van der Waals surface area (Å²) in [5.74, 6) is 4.71. The van der Waals surface area contributed by atoms with E-state index in [4.69, 9.17) is 27.9 Å². The largest absolute Gasteiger partial charge is 0.458 e. The molecule has 0 unspecified atom stereocenters. The highest BCUT2D eigenvalue weighted by Crippen LogP contribution is 2.67. The first-order chi connectivity index (χ1) is 18.0. The summed E-state index contributed by atoms with van der Waals surface area (Å²) in [4.78, 5) is 12.9. The monoisotopic (exact) mass is 558 g/mol. The molecule has 8 atom stereocenters. The lowest BCUT2D eigenvalue weighted by molar-refractivity contribution is -0.0594. The lowest BCUT2D eigenvalue weighted by Gasteiger charge is -2.58. The molecule has 4 heteroatoms. The van der Waals surface area contributed by atoms with Gasteiger partial charge < -0.3 is 4.74 Å². The SMILES string of the molecule is CC(C)CCC[C@@H](C)[C@H]1CC[C@@H]2[C@@H]3CC=C4C[C@@H](OC(=O)c5ccc(Cl)cc5Cl)CC[C@]4(C)[C@H]3CC[C@@]21C. The summed E-state index contributed by atoms with van der Waals surface area (Å²) >= 11 is 12.3. The molecule has 1 aromatic carbocycles. The van der Waals surface area contributed by atoms with Crippen molar-refractivity contribution in [1.29, 1.82) is 0 Å². The van der Waals surface area contributed by atoms with E-state index in [1.54, 1.807) is 23.8 Å². The first-order valence-electron chi connectivity index (χ1n) is 15.4. The van der Waals surface area contributed by atoms with E-state index in [-0.39, 0.29) is 17.5 Å². The van der Waals surface area contributed by atoms with E-state index in [0.717, 1.165) is 54.8 Å². The lowest BCUT2D eigenvalue weighted by Crippen LogP contribution is -2.51. The number of hydrogen-bond donors (Lipinski definition) is 0. The van der Waals surface area contributed by atoms with Crippen LogP contribution in [0.4, 0.5) is 0 Å².